The van der Waals surface area contributed by atoms with Gasteiger partial charge in [-0.1, -0.05) is 11.6 Å². The molecule has 3 rings (SSSR count). The molecule has 1 fully saturated rings. The summed E-state index contributed by atoms with van der Waals surface area (Å²) in [6, 6.07) is 10.4. The highest BCUT2D eigenvalue weighted by atomic mass is 35.5. The van der Waals surface area contributed by atoms with Crippen LogP contribution in [0.15, 0.2) is 36.4 Å². The minimum Gasteiger partial charge on any atom is -0.484 e. The molecule has 0 saturated carbocycles. The highest BCUT2D eigenvalue weighted by Gasteiger charge is 2.14. The van der Waals surface area contributed by atoms with Crippen LogP contribution in [-0.4, -0.2) is 35.8 Å². The number of nitrogens with one attached hydrogen (secondary N) is 1. The Labute approximate surface area is 139 Å². The van der Waals surface area contributed by atoms with Gasteiger partial charge in [-0.15, -0.1) is 10.2 Å². The molecule has 7 heteroatoms. The summed E-state index contributed by atoms with van der Waals surface area (Å²) in [5.41, 5.74) is 0. The number of halogens is 1. The molecule has 120 valence electrons. The van der Waals surface area contributed by atoms with Gasteiger partial charge < -0.3 is 15.0 Å². The lowest BCUT2D eigenvalue weighted by Gasteiger charge is -2.15. The zero-order valence-corrected chi connectivity index (χ0v) is 13.3. The predicted molar refractivity (Wildman–Crippen MR) is 89.1 cm³/mol. The molecule has 2 heterocycles. The van der Waals surface area contributed by atoms with Crippen molar-refractivity contribution in [1.29, 1.82) is 0 Å². The Bertz CT molecular complexity index is 655. The Morgan fingerprint density at radius 2 is 1.87 bits per heavy atom. The zero-order valence-electron chi connectivity index (χ0n) is 12.5. The van der Waals surface area contributed by atoms with E-state index >= 15 is 0 Å². The van der Waals surface area contributed by atoms with Crippen LogP contribution in [0.5, 0.6) is 5.75 Å². The number of hydrogen-bond acceptors (Lipinski definition) is 5. The van der Waals surface area contributed by atoms with Gasteiger partial charge in [0.1, 0.15) is 5.75 Å². The van der Waals surface area contributed by atoms with E-state index in [1.165, 1.54) is 12.8 Å². The summed E-state index contributed by atoms with van der Waals surface area (Å²) in [7, 11) is 0. The number of hydrogen-bond donors (Lipinski definition) is 1. The van der Waals surface area contributed by atoms with Gasteiger partial charge in [0.15, 0.2) is 18.2 Å². The number of aromatic nitrogens is 2. The van der Waals surface area contributed by atoms with Gasteiger partial charge in [0.25, 0.3) is 5.91 Å². The van der Waals surface area contributed by atoms with Crippen LogP contribution in [0.1, 0.15) is 12.8 Å². The van der Waals surface area contributed by atoms with Crippen LogP contribution in [0, 0.1) is 0 Å². The third-order valence-corrected chi connectivity index (χ3v) is 3.78. The maximum absolute atomic E-state index is 11.9. The summed E-state index contributed by atoms with van der Waals surface area (Å²) >= 11 is 5.79. The fourth-order valence-corrected chi connectivity index (χ4v) is 2.49. The minimum atomic E-state index is -0.289. The molecule has 6 nitrogen and oxygen atoms in total. The summed E-state index contributed by atoms with van der Waals surface area (Å²) in [4.78, 5) is 14.0. The first kappa shape index (κ1) is 15.6. The largest absolute Gasteiger partial charge is 0.484 e. The second kappa shape index (κ2) is 7.28. The van der Waals surface area contributed by atoms with Crippen molar-refractivity contribution in [3.05, 3.63) is 41.4 Å². The smallest absolute Gasteiger partial charge is 0.263 e. The highest BCUT2D eigenvalue weighted by molar-refractivity contribution is 6.30. The lowest BCUT2D eigenvalue weighted by molar-refractivity contribution is -0.118. The van der Waals surface area contributed by atoms with E-state index in [-0.39, 0.29) is 12.5 Å². The van der Waals surface area contributed by atoms with Crippen LogP contribution < -0.4 is 15.0 Å². The van der Waals surface area contributed by atoms with Gasteiger partial charge in [-0.25, -0.2) is 0 Å². The van der Waals surface area contributed by atoms with Gasteiger partial charge in [-0.3, -0.25) is 4.79 Å². The summed E-state index contributed by atoms with van der Waals surface area (Å²) in [5.74, 6) is 1.55. The van der Waals surface area contributed by atoms with Gasteiger partial charge in [0, 0.05) is 18.1 Å². The van der Waals surface area contributed by atoms with E-state index in [9.17, 15) is 4.79 Å². The van der Waals surface area contributed by atoms with Crippen molar-refractivity contribution in [2.75, 3.05) is 29.9 Å². The Morgan fingerprint density at radius 1 is 1.13 bits per heavy atom. The maximum atomic E-state index is 11.9. The molecular formula is C16H17ClN4O2. The topological polar surface area (TPSA) is 67.3 Å². The molecule has 0 radical (unpaired) electrons. The van der Waals surface area contributed by atoms with Crippen molar-refractivity contribution in [3.8, 4) is 5.75 Å². The van der Waals surface area contributed by atoms with Crippen LogP contribution >= 0.6 is 11.6 Å². The quantitative estimate of drug-likeness (QED) is 0.912. The molecule has 0 unspecified atom stereocenters. The van der Waals surface area contributed by atoms with E-state index in [1.807, 2.05) is 6.07 Å². The van der Waals surface area contributed by atoms with Crippen molar-refractivity contribution in [3.63, 3.8) is 0 Å². The van der Waals surface area contributed by atoms with Crippen LogP contribution in [-0.2, 0) is 4.79 Å². The van der Waals surface area contributed by atoms with E-state index in [1.54, 1.807) is 30.3 Å². The Kier molecular flexibility index (Phi) is 4.92. The molecule has 1 aromatic carbocycles. The SMILES string of the molecule is O=C(COc1ccc(Cl)cc1)Nc1ccc(N2CCCC2)nn1. The molecule has 0 atom stereocenters. The van der Waals surface area contributed by atoms with E-state index in [0.717, 1.165) is 18.9 Å². The molecule has 1 aromatic heterocycles. The van der Waals surface area contributed by atoms with E-state index in [2.05, 4.69) is 20.4 Å². The number of ether oxygens (including phenoxy) is 1. The molecule has 1 amide bonds. The fourth-order valence-electron chi connectivity index (χ4n) is 2.37. The van der Waals surface area contributed by atoms with Crippen molar-refractivity contribution >= 4 is 29.1 Å². The van der Waals surface area contributed by atoms with Crippen LogP contribution in [0.3, 0.4) is 0 Å². The van der Waals surface area contributed by atoms with E-state index in [4.69, 9.17) is 16.3 Å². The highest BCUT2D eigenvalue weighted by Crippen LogP contribution is 2.18. The number of carbonyl (C=O) groups excluding carboxylic acids is 1. The van der Waals surface area contributed by atoms with Crippen molar-refractivity contribution in [1.82, 2.24) is 10.2 Å². The number of carbonyl (C=O) groups is 1. The molecule has 1 N–H and O–H groups in total. The molecule has 23 heavy (non-hydrogen) atoms. The lowest BCUT2D eigenvalue weighted by atomic mass is 10.3. The van der Waals surface area contributed by atoms with E-state index in [0.29, 0.717) is 16.6 Å². The van der Waals surface area contributed by atoms with Crippen molar-refractivity contribution in [2.24, 2.45) is 0 Å². The van der Waals surface area contributed by atoms with Crippen molar-refractivity contribution in [2.45, 2.75) is 12.8 Å². The third kappa shape index (κ3) is 4.32. The van der Waals surface area contributed by atoms with E-state index < -0.39 is 0 Å². The van der Waals surface area contributed by atoms with Gasteiger partial charge in [-0.05, 0) is 49.2 Å². The van der Waals surface area contributed by atoms with Crippen molar-refractivity contribution < 1.29 is 9.53 Å². The fraction of sp³-hybridized carbons (Fsp3) is 0.312. The van der Waals surface area contributed by atoms with Crippen LogP contribution in [0.4, 0.5) is 11.6 Å². The number of rotatable bonds is 5. The van der Waals surface area contributed by atoms with Gasteiger partial charge in [0.2, 0.25) is 0 Å². The molecule has 1 aliphatic heterocycles. The van der Waals surface area contributed by atoms with Gasteiger partial charge in [0.05, 0.1) is 0 Å². The Morgan fingerprint density at radius 3 is 2.52 bits per heavy atom. The standard InChI is InChI=1S/C16H17ClN4O2/c17-12-3-5-13(6-4-12)23-11-16(22)18-14-7-8-15(20-19-14)21-9-1-2-10-21/h3-8H,1-2,9-11H2,(H,18,19,22). The summed E-state index contributed by atoms with van der Waals surface area (Å²) in [6.45, 7) is 1.92. The Balaban J connectivity index is 1.50. The van der Waals surface area contributed by atoms with Gasteiger partial charge in [-0.2, -0.15) is 0 Å². The first-order valence-electron chi connectivity index (χ1n) is 7.47. The second-order valence-corrected chi connectivity index (χ2v) is 5.70. The normalized spacial score (nSPS) is 13.9. The molecule has 1 saturated heterocycles. The monoisotopic (exact) mass is 332 g/mol. The molecule has 2 aromatic rings. The minimum absolute atomic E-state index is 0.100. The molecular weight excluding hydrogens is 316 g/mol. The number of benzene rings is 1. The first-order chi connectivity index (χ1) is 11.2. The summed E-state index contributed by atoms with van der Waals surface area (Å²) in [6.07, 6.45) is 2.37. The lowest BCUT2D eigenvalue weighted by Crippen LogP contribution is -2.22. The van der Waals surface area contributed by atoms with Crippen LogP contribution in [0.25, 0.3) is 0 Å². The molecule has 0 aliphatic carbocycles. The summed E-state index contributed by atoms with van der Waals surface area (Å²) < 4.78 is 5.37. The second-order valence-electron chi connectivity index (χ2n) is 5.26. The molecule has 1 aliphatic rings. The van der Waals surface area contributed by atoms with Crippen LogP contribution in [0.2, 0.25) is 5.02 Å². The third-order valence-electron chi connectivity index (χ3n) is 3.53. The summed E-state index contributed by atoms with van der Waals surface area (Å²) in [5, 5.41) is 11.5. The average Bonchev–Trinajstić information content (AvgIpc) is 3.09. The average molecular weight is 333 g/mol. The molecule has 0 bridgehead atoms. The number of anilines is 2. The number of amides is 1. The molecule has 0 spiro atoms. The first-order valence-corrected chi connectivity index (χ1v) is 7.85. The maximum Gasteiger partial charge on any atom is 0.263 e. The zero-order chi connectivity index (χ0) is 16.1. The Hall–Kier alpha value is -2.34. The number of nitrogens with zero attached hydrogens (tertiary/aromatic N) is 3. The predicted octanol–water partition coefficient (Wildman–Crippen LogP) is 2.75. The van der Waals surface area contributed by atoms with Gasteiger partial charge >= 0.3 is 0 Å².